The van der Waals surface area contributed by atoms with E-state index in [0.717, 1.165) is 24.4 Å². The SMILES string of the molecule is COc1cccc(C#N)c1NC(C)CC1CCCN1. The molecule has 19 heavy (non-hydrogen) atoms. The molecular formula is C15H21N3O. The average molecular weight is 259 g/mol. The maximum atomic E-state index is 9.18. The van der Waals surface area contributed by atoms with Gasteiger partial charge in [0, 0.05) is 12.1 Å². The quantitative estimate of drug-likeness (QED) is 0.853. The molecule has 1 aliphatic heterocycles. The number of benzene rings is 1. The van der Waals surface area contributed by atoms with Gasteiger partial charge in [-0.3, -0.25) is 0 Å². The fraction of sp³-hybridized carbons (Fsp3) is 0.533. The van der Waals surface area contributed by atoms with Gasteiger partial charge in [0.15, 0.2) is 0 Å². The molecule has 2 unspecified atom stereocenters. The predicted octanol–water partition coefficient (Wildman–Crippen LogP) is 2.51. The Hall–Kier alpha value is -1.73. The zero-order chi connectivity index (χ0) is 13.7. The molecule has 2 atom stereocenters. The van der Waals surface area contributed by atoms with Gasteiger partial charge in [-0.1, -0.05) is 6.07 Å². The summed E-state index contributed by atoms with van der Waals surface area (Å²) in [7, 11) is 1.63. The van der Waals surface area contributed by atoms with Crippen LogP contribution in [0.3, 0.4) is 0 Å². The molecule has 1 aromatic carbocycles. The Morgan fingerprint density at radius 1 is 1.58 bits per heavy atom. The van der Waals surface area contributed by atoms with Crippen LogP contribution in [-0.4, -0.2) is 25.7 Å². The van der Waals surface area contributed by atoms with E-state index in [-0.39, 0.29) is 0 Å². The number of para-hydroxylation sites is 1. The molecule has 0 saturated carbocycles. The van der Waals surface area contributed by atoms with Crippen molar-refractivity contribution < 1.29 is 4.74 Å². The molecule has 0 amide bonds. The van der Waals surface area contributed by atoms with Crippen LogP contribution in [-0.2, 0) is 0 Å². The van der Waals surface area contributed by atoms with Gasteiger partial charge in [0.2, 0.25) is 0 Å². The fourth-order valence-electron chi connectivity index (χ4n) is 2.63. The Morgan fingerprint density at radius 3 is 3.05 bits per heavy atom. The van der Waals surface area contributed by atoms with E-state index in [1.807, 2.05) is 18.2 Å². The van der Waals surface area contributed by atoms with Crippen LogP contribution in [0.2, 0.25) is 0 Å². The second kappa shape index (κ2) is 6.44. The van der Waals surface area contributed by atoms with Gasteiger partial charge in [0.25, 0.3) is 0 Å². The minimum absolute atomic E-state index is 0.305. The highest BCUT2D eigenvalue weighted by Gasteiger charge is 2.18. The number of ether oxygens (including phenoxy) is 1. The van der Waals surface area contributed by atoms with Gasteiger partial charge in [-0.15, -0.1) is 0 Å². The molecule has 1 aromatic rings. The van der Waals surface area contributed by atoms with Crippen LogP contribution in [0.4, 0.5) is 5.69 Å². The maximum absolute atomic E-state index is 9.18. The number of nitriles is 1. The van der Waals surface area contributed by atoms with Gasteiger partial charge in [-0.2, -0.15) is 5.26 Å². The molecule has 1 aliphatic rings. The standard InChI is InChI=1S/C15H21N3O/c1-11(9-13-6-4-8-17-13)18-15-12(10-16)5-3-7-14(15)19-2/h3,5,7,11,13,17-18H,4,6,8-9H2,1-2H3. The molecule has 2 N–H and O–H groups in total. The van der Waals surface area contributed by atoms with Crippen molar-refractivity contribution in [2.45, 2.75) is 38.3 Å². The van der Waals surface area contributed by atoms with Crippen LogP contribution < -0.4 is 15.4 Å². The molecule has 0 bridgehead atoms. The topological polar surface area (TPSA) is 57.1 Å². The first-order chi connectivity index (χ1) is 9.24. The summed E-state index contributed by atoms with van der Waals surface area (Å²) in [5, 5.41) is 16.1. The third-order valence-electron chi connectivity index (χ3n) is 3.56. The van der Waals surface area contributed by atoms with Crippen molar-refractivity contribution >= 4 is 5.69 Å². The van der Waals surface area contributed by atoms with E-state index >= 15 is 0 Å². The Labute approximate surface area is 114 Å². The van der Waals surface area contributed by atoms with Crippen molar-refractivity contribution in [3.63, 3.8) is 0 Å². The van der Waals surface area contributed by atoms with Crippen LogP contribution >= 0.6 is 0 Å². The summed E-state index contributed by atoms with van der Waals surface area (Å²) in [6.45, 7) is 3.27. The molecule has 1 fully saturated rings. The summed E-state index contributed by atoms with van der Waals surface area (Å²) < 4.78 is 5.33. The lowest BCUT2D eigenvalue weighted by atomic mass is 10.1. The summed E-state index contributed by atoms with van der Waals surface area (Å²) >= 11 is 0. The monoisotopic (exact) mass is 259 g/mol. The van der Waals surface area contributed by atoms with Crippen molar-refractivity contribution in [1.82, 2.24) is 5.32 Å². The van der Waals surface area contributed by atoms with Gasteiger partial charge >= 0.3 is 0 Å². The number of nitrogens with zero attached hydrogens (tertiary/aromatic N) is 1. The van der Waals surface area contributed by atoms with Gasteiger partial charge < -0.3 is 15.4 Å². The Morgan fingerprint density at radius 2 is 2.42 bits per heavy atom. The molecule has 102 valence electrons. The lowest BCUT2D eigenvalue weighted by Gasteiger charge is -2.21. The van der Waals surface area contributed by atoms with Crippen molar-refractivity contribution in [3.05, 3.63) is 23.8 Å². The highest BCUT2D eigenvalue weighted by Crippen LogP contribution is 2.29. The molecule has 0 aromatic heterocycles. The zero-order valence-corrected chi connectivity index (χ0v) is 11.6. The smallest absolute Gasteiger partial charge is 0.143 e. The molecule has 1 heterocycles. The molecule has 2 rings (SSSR count). The van der Waals surface area contributed by atoms with E-state index in [0.29, 0.717) is 17.6 Å². The van der Waals surface area contributed by atoms with Crippen LogP contribution in [0.15, 0.2) is 18.2 Å². The highest BCUT2D eigenvalue weighted by molar-refractivity contribution is 5.66. The van der Waals surface area contributed by atoms with E-state index in [9.17, 15) is 5.26 Å². The van der Waals surface area contributed by atoms with Crippen LogP contribution in [0.5, 0.6) is 5.75 Å². The Kier molecular flexibility index (Phi) is 4.64. The van der Waals surface area contributed by atoms with Crippen molar-refractivity contribution in [3.8, 4) is 11.8 Å². The Bertz CT molecular complexity index is 461. The van der Waals surface area contributed by atoms with Crippen molar-refractivity contribution in [2.75, 3.05) is 19.0 Å². The lowest BCUT2D eigenvalue weighted by molar-refractivity contribution is 0.415. The van der Waals surface area contributed by atoms with E-state index in [1.54, 1.807) is 7.11 Å². The van der Waals surface area contributed by atoms with E-state index in [1.165, 1.54) is 12.8 Å². The molecule has 1 saturated heterocycles. The predicted molar refractivity (Wildman–Crippen MR) is 76.4 cm³/mol. The summed E-state index contributed by atoms with van der Waals surface area (Å²) in [5.74, 6) is 0.727. The van der Waals surface area contributed by atoms with Gasteiger partial charge in [0.1, 0.15) is 11.8 Å². The largest absolute Gasteiger partial charge is 0.495 e. The summed E-state index contributed by atoms with van der Waals surface area (Å²) in [5.41, 5.74) is 1.43. The average Bonchev–Trinajstić information content (AvgIpc) is 2.91. The summed E-state index contributed by atoms with van der Waals surface area (Å²) in [6.07, 6.45) is 3.56. The van der Waals surface area contributed by atoms with Gasteiger partial charge in [-0.05, 0) is 44.9 Å². The number of hydrogen-bond acceptors (Lipinski definition) is 4. The molecule has 0 spiro atoms. The third-order valence-corrected chi connectivity index (χ3v) is 3.56. The first kappa shape index (κ1) is 13.7. The number of anilines is 1. The van der Waals surface area contributed by atoms with E-state index < -0.39 is 0 Å². The maximum Gasteiger partial charge on any atom is 0.143 e. The summed E-state index contributed by atoms with van der Waals surface area (Å²) in [4.78, 5) is 0. The number of nitrogens with one attached hydrogen (secondary N) is 2. The molecule has 0 aliphatic carbocycles. The zero-order valence-electron chi connectivity index (χ0n) is 11.6. The lowest BCUT2D eigenvalue weighted by Crippen LogP contribution is -2.29. The second-order valence-electron chi connectivity index (χ2n) is 5.07. The van der Waals surface area contributed by atoms with Crippen LogP contribution in [0.1, 0.15) is 31.7 Å². The van der Waals surface area contributed by atoms with E-state index in [4.69, 9.17) is 4.74 Å². The number of hydrogen-bond donors (Lipinski definition) is 2. The van der Waals surface area contributed by atoms with Crippen molar-refractivity contribution in [1.29, 1.82) is 5.26 Å². The first-order valence-corrected chi connectivity index (χ1v) is 6.81. The third kappa shape index (κ3) is 3.39. The molecular weight excluding hydrogens is 238 g/mol. The number of methoxy groups -OCH3 is 1. The fourth-order valence-corrected chi connectivity index (χ4v) is 2.63. The van der Waals surface area contributed by atoms with E-state index in [2.05, 4.69) is 23.6 Å². The van der Waals surface area contributed by atoms with Crippen LogP contribution in [0, 0.1) is 11.3 Å². The van der Waals surface area contributed by atoms with Gasteiger partial charge in [0.05, 0.1) is 18.4 Å². The Balaban J connectivity index is 2.06. The van der Waals surface area contributed by atoms with Gasteiger partial charge in [-0.25, -0.2) is 0 Å². The number of rotatable bonds is 5. The minimum atomic E-state index is 0.305. The van der Waals surface area contributed by atoms with Crippen molar-refractivity contribution in [2.24, 2.45) is 0 Å². The normalized spacial score (nSPS) is 19.7. The molecule has 4 heteroatoms. The highest BCUT2D eigenvalue weighted by atomic mass is 16.5. The second-order valence-corrected chi connectivity index (χ2v) is 5.07. The summed E-state index contributed by atoms with van der Waals surface area (Å²) in [6, 6.07) is 8.63. The first-order valence-electron chi connectivity index (χ1n) is 6.81. The minimum Gasteiger partial charge on any atom is -0.495 e. The molecule has 4 nitrogen and oxygen atoms in total. The van der Waals surface area contributed by atoms with Crippen LogP contribution in [0.25, 0.3) is 0 Å². The molecule has 0 radical (unpaired) electrons.